The van der Waals surface area contributed by atoms with E-state index in [0.29, 0.717) is 6.54 Å². The molecule has 0 bridgehead atoms. The summed E-state index contributed by atoms with van der Waals surface area (Å²) < 4.78 is 3.40. The van der Waals surface area contributed by atoms with Crippen molar-refractivity contribution in [2.75, 3.05) is 5.32 Å². The number of nitrogens with zero attached hydrogens (tertiary/aromatic N) is 3. The van der Waals surface area contributed by atoms with E-state index in [4.69, 9.17) is 0 Å². The van der Waals surface area contributed by atoms with Gasteiger partial charge in [-0.2, -0.15) is 5.10 Å². The zero-order valence-corrected chi connectivity index (χ0v) is 10.3. The summed E-state index contributed by atoms with van der Waals surface area (Å²) in [4.78, 5) is 11.2. The molecular weight excluding hydrogens is 216 g/mol. The molecular formula is C12H16N4O. The third-order valence-electron chi connectivity index (χ3n) is 2.91. The molecule has 5 nitrogen and oxygen atoms in total. The van der Waals surface area contributed by atoms with Gasteiger partial charge in [-0.05, 0) is 13.0 Å². The lowest BCUT2D eigenvalue weighted by molar-refractivity contribution is 0.738. The number of pyridine rings is 1. The van der Waals surface area contributed by atoms with E-state index in [1.807, 2.05) is 24.9 Å². The normalized spacial score (nSPS) is 10.5. The Morgan fingerprint density at radius 2 is 2.12 bits per heavy atom. The van der Waals surface area contributed by atoms with Gasteiger partial charge in [-0.15, -0.1) is 0 Å². The van der Waals surface area contributed by atoms with E-state index in [2.05, 4.69) is 10.4 Å². The number of aromatic nitrogens is 3. The molecule has 0 atom stereocenters. The van der Waals surface area contributed by atoms with Crippen LogP contribution >= 0.6 is 0 Å². The number of aryl methyl sites for hydroxylation is 2. The van der Waals surface area contributed by atoms with Crippen molar-refractivity contribution in [2.45, 2.75) is 13.5 Å². The fourth-order valence-corrected chi connectivity index (χ4v) is 1.61. The highest BCUT2D eigenvalue weighted by atomic mass is 16.1. The lowest BCUT2D eigenvalue weighted by Gasteiger charge is -2.07. The molecule has 17 heavy (non-hydrogen) atoms. The average Bonchev–Trinajstić information content (AvgIpc) is 2.62. The van der Waals surface area contributed by atoms with E-state index < -0.39 is 0 Å². The van der Waals surface area contributed by atoms with Crippen LogP contribution in [0.4, 0.5) is 5.69 Å². The summed E-state index contributed by atoms with van der Waals surface area (Å²) in [5, 5.41) is 7.45. The molecule has 0 aliphatic rings. The predicted octanol–water partition coefficient (Wildman–Crippen LogP) is 1.04. The van der Waals surface area contributed by atoms with Gasteiger partial charge in [-0.25, -0.2) is 0 Å². The van der Waals surface area contributed by atoms with Crippen molar-refractivity contribution < 1.29 is 0 Å². The first kappa shape index (κ1) is 11.4. The summed E-state index contributed by atoms with van der Waals surface area (Å²) in [7, 11) is 3.66. The molecule has 2 aromatic rings. The quantitative estimate of drug-likeness (QED) is 0.860. The zero-order chi connectivity index (χ0) is 12.4. The van der Waals surface area contributed by atoms with Gasteiger partial charge < -0.3 is 9.88 Å². The van der Waals surface area contributed by atoms with Crippen LogP contribution in [-0.2, 0) is 20.6 Å². The predicted molar refractivity (Wildman–Crippen MR) is 67.0 cm³/mol. The summed E-state index contributed by atoms with van der Waals surface area (Å²) in [6, 6.07) is 3.34. The molecule has 0 aromatic carbocycles. The second-order valence-corrected chi connectivity index (χ2v) is 4.10. The Morgan fingerprint density at radius 3 is 2.71 bits per heavy atom. The highest BCUT2D eigenvalue weighted by Crippen LogP contribution is 2.09. The van der Waals surface area contributed by atoms with Crippen molar-refractivity contribution >= 4 is 5.69 Å². The van der Waals surface area contributed by atoms with Crippen LogP contribution in [0.15, 0.2) is 29.3 Å². The Balaban J connectivity index is 2.10. The molecule has 0 saturated heterocycles. The van der Waals surface area contributed by atoms with Crippen LogP contribution in [0, 0.1) is 6.92 Å². The molecule has 5 heteroatoms. The van der Waals surface area contributed by atoms with E-state index in [1.165, 1.54) is 0 Å². The largest absolute Gasteiger partial charge is 0.380 e. The Bertz CT molecular complexity index is 582. The lowest BCUT2D eigenvalue weighted by Crippen LogP contribution is -2.15. The first-order chi connectivity index (χ1) is 8.08. The Hall–Kier alpha value is -2.04. The minimum absolute atomic E-state index is 0.00638. The van der Waals surface area contributed by atoms with Gasteiger partial charge in [-0.1, -0.05) is 0 Å². The van der Waals surface area contributed by atoms with Gasteiger partial charge in [0.1, 0.15) is 0 Å². The van der Waals surface area contributed by atoms with Crippen molar-refractivity contribution in [2.24, 2.45) is 14.1 Å². The van der Waals surface area contributed by atoms with Gasteiger partial charge in [-0.3, -0.25) is 9.48 Å². The van der Waals surface area contributed by atoms with Crippen molar-refractivity contribution in [3.05, 3.63) is 46.1 Å². The molecule has 0 aliphatic carbocycles. The molecule has 0 fully saturated rings. The maximum absolute atomic E-state index is 11.2. The smallest absolute Gasteiger partial charge is 0.250 e. The number of anilines is 1. The van der Waals surface area contributed by atoms with Gasteiger partial charge in [0.15, 0.2) is 0 Å². The molecule has 0 amide bonds. The van der Waals surface area contributed by atoms with Crippen LogP contribution in [-0.4, -0.2) is 14.3 Å². The number of nitrogens with one attached hydrogen (secondary N) is 1. The van der Waals surface area contributed by atoms with Crippen molar-refractivity contribution in [1.29, 1.82) is 0 Å². The number of hydrogen-bond acceptors (Lipinski definition) is 3. The van der Waals surface area contributed by atoms with E-state index in [1.54, 1.807) is 29.9 Å². The van der Waals surface area contributed by atoms with Gasteiger partial charge in [0.2, 0.25) is 5.56 Å². The molecule has 0 unspecified atom stereocenters. The molecule has 2 rings (SSSR count). The summed E-state index contributed by atoms with van der Waals surface area (Å²) in [5.74, 6) is 0. The fourth-order valence-electron chi connectivity index (χ4n) is 1.61. The second-order valence-electron chi connectivity index (χ2n) is 4.10. The summed E-state index contributed by atoms with van der Waals surface area (Å²) in [5.41, 5.74) is 3.21. The molecule has 2 heterocycles. The lowest BCUT2D eigenvalue weighted by atomic mass is 10.2. The van der Waals surface area contributed by atoms with E-state index in [9.17, 15) is 4.79 Å². The summed E-state index contributed by atoms with van der Waals surface area (Å²) >= 11 is 0. The minimum Gasteiger partial charge on any atom is -0.380 e. The van der Waals surface area contributed by atoms with Gasteiger partial charge in [0.25, 0.3) is 0 Å². The number of rotatable bonds is 3. The molecule has 0 spiro atoms. The molecule has 1 N–H and O–H groups in total. The highest BCUT2D eigenvalue weighted by Gasteiger charge is 2.03. The Kier molecular flexibility index (Phi) is 2.99. The average molecular weight is 232 g/mol. The third kappa shape index (κ3) is 2.38. The number of hydrogen-bond donors (Lipinski definition) is 1. The van der Waals surface area contributed by atoms with Crippen molar-refractivity contribution in [3.63, 3.8) is 0 Å². The standard InChI is InChI=1S/C12H16N4O/c1-9-10(7-14-16(9)3)6-13-11-4-5-12(17)15(2)8-11/h4-5,7-8,13H,6H2,1-3H3. The SMILES string of the molecule is Cc1c(CNc2ccc(=O)n(C)c2)cnn1C. The fraction of sp³-hybridized carbons (Fsp3) is 0.333. The van der Waals surface area contributed by atoms with Crippen LogP contribution in [0.1, 0.15) is 11.3 Å². The molecule has 0 radical (unpaired) electrons. The Labute approximate surface area is 99.7 Å². The van der Waals surface area contributed by atoms with Crippen LogP contribution in [0.2, 0.25) is 0 Å². The minimum atomic E-state index is -0.00638. The van der Waals surface area contributed by atoms with E-state index >= 15 is 0 Å². The van der Waals surface area contributed by atoms with Crippen molar-refractivity contribution in [1.82, 2.24) is 14.3 Å². The molecule has 2 aromatic heterocycles. The van der Waals surface area contributed by atoms with E-state index in [0.717, 1.165) is 16.9 Å². The highest BCUT2D eigenvalue weighted by molar-refractivity contribution is 5.41. The second kappa shape index (κ2) is 4.45. The summed E-state index contributed by atoms with van der Waals surface area (Å²) in [6.07, 6.45) is 3.64. The van der Waals surface area contributed by atoms with Crippen LogP contribution < -0.4 is 10.9 Å². The summed E-state index contributed by atoms with van der Waals surface area (Å²) in [6.45, 7) is 2.74. The van der Waals surface area contributed by atoms with Crippen LogP contribution in [0.3, 0.4) is 0 Å². The Morgan fingerprint density at radius 1 is 1.35 bits per heavy atom. The maximum atomic E-state index is 11.2. The van der Waals surface area contributed by atoms with Crippen molar-refractivity contribution in [3.8, 4) is 0 Å². The first-order valence-corrected chi connectivity index (χ1v) is 5.46. The molecule has 0 aliphatic heterocycles. The van der Waals surface area contributed by atoms with Gasteiger partial charge in [0, 0.05) is 44.2 Å². The first-order valence-electron chi connectivity index (χ1n) is 5.46. The van der Waals surface area contributed by atoms with Crippen LogP contribution in [0.25, 0.3) is 0 Å². The van der Waals surface area contributed by atoms with Gasteiger partial charge >= 0.3 is 0 Å². The van der Waals surface area contributed by atoms with Crippen LogP contribution in [0.5, 0.6) is 0 Å². The van der Waals surface area contributed by atoms with E-state index in [-0.39, 0.29) is 5.56 Å². The third-order valence-corrected chi connectivity index (χ3v) is 2.91. The monoisotopic (exact) mass is 232 g/mol. The van der Waals surface area contributed by atoms with Gasteiger partial charge in [0.05, 0.1) is 11.9 Å². The topological polar surface area (TPSA) is 51.9 Å². The maximum Gasteiger partial charge on any atom is 0.250 e. The molecule has 90 valence electrons. The molecule has 0 saturated carbocycles. The zero-order valence-electron chi connectivity index (χ0n) is 10.3.